The second kappa shape index (κ2) is 5.25. The average Bonchev–Trinajstić information content (AvgIpc) is 3.27. The van der Waals surface area contributed by atoms with Gasteiger partial charge in [-0.25, -0.2) is 12.7 Å². The number of piperidine rings is 1. The van der Waals surface area contributed by atoms with Crippen LogP contribution in [-0.4, -0.2) is 36.0 Å². The van der Waals surface area contributed by atoms with Crippen LogP contribution in [-0.2, 0) is 10.0 Å². The largest absolute Gasteiger partial charge is 0.361 e. The van der Waals surface area contributed by atoms with Gasteiger partial charge in [0, 0.05) is 35.2 Å². The third-order valence-electron chi connectivity index (χ3n) is 4.86. The summed E-state index contributed by atoms with van der Waals surface area (Å²) in [7, 11) is -3.03. The molecule has 2 aliphatic rings. The van der Waals surface area contributed by atoms with Gasteiger partial charge in [-0.3, -0.25) is 0 Å². The van der Waals surface area contributed by atoms with Crippen molar-refractivity contribution in [3.63, 3.8) is 0 Å². The van der Waals surface area contributed by atoms with Crippen molar-refractivity contribution >= 4 is 32.5 Å². The van der Waals surface area contributed by atoms with Crippen molar-refractivity contribution in [1.29, 1.82) is 0 Å². The van der Waals surface area contributed by atoms with Crippen LogP contribution >= 0.6 is 11.6 Å². The highest BCUT2D eigenvalue weighted by atomic mass is 35.5. The Hall–Kier alpha value is -1.04. The molecular formula is C16H19ClN2O2S. The molecule has 1 saturated carbocycles. The van der Waals surface area contributed by atoms with E-state index in [-0.39, 0.29) is 5.25 Å². The van der Waals surface area contributed by atoms with E-state index >= 15 is 0 Å². The van der Waals surface area contributed by atoms with E-state index in [0.29, 0.717) is 19.0 Å². The fourth-order valence-corrected chi connectivity index (χ4v) is 5.59. The lowest BCUT2D eigenvalue weighted by Crippen LogP contribution is -2.39. The maximum atomic E-state index is 12.3. The molecule has 1 aliphatic heterocycles. The summed E-state index contributed by atoms with van der Waals surface area (Å²) in [5.74, 6) is 0.377. The molecule has 4 nitrogen and oxygen atoms in total. The summed E-state index contributed by atoms with van der Waals surface area (Å²) < 4.78 is 26.3. The highest BCUT2D eigenvalue weighted by Crippen LogP contribution is 2.38. The van der Waals surface area contributed by atoms with Crippen LogP contribution in [0.25, 0.3) is 10.9 Å². The number of fused-ring (bicyclic) bond motifs is 1. The van der Waals surface area contributed by atoms with E-state index in [4.69, 9.17) is 11.6 Å². The Morgan fingerprint density at radius 3 is 2.55 bits per heavy atom. The Morgan fingerprint density at radius 1 is 1.14 bits per heavy atom. The SMILES string of the molecule is O=S(=O)(C1CC1)N1CCC(c2cc(Cl)cc3[nH]ccc23)CC1. The molecule has 4 rings (SSSR count). The van der Waals surface area contributed by atoms with Gasteiger partial charge in [-0.1, -0.05) is 11.6 Å². The molecule has 2 fully saturated rings. The summed E-state index contributed by atoms with van der Waals surface area (Å²) in [4.78, 5) is 3.21. The van der Waals surface area contributed by atoms with Crippen LogP contribution in [0.5, 0.6) is 0 Å². The van der Waals surface area contributed by atoms with Gasteiger partial charge in [-0.15, -0.1) is 0 Å². The molecule has 6 heteroatoms. The highest BCUT2D eigenvalue weighted by Gasteiger charge is 2.41. The molecule has 118 valence electrons. The zero-order chi connectivity index (χ0) is 15.3. The van der Waals surface area contributed by atoms with Crippen molar-refractivity contribution in [2.75, 3.05) is 13.1 Å². The molecule has 0 radical (unpaired) electrons. The van der Waals surface area contributed by atoms with Crippen molar-refractivity contribution in [2.45, 2.75) is 36.9 Å². The minimum atomic E-state index is -3.03. The summed E-state index contributed by atoms with van der Waals surface area (Å²) in [6.07, 6.45) is 5.33. The van der Waals surface area contributed by atoms with Gasteiger partial charge in [0.15, 0.2) is 0 Å². The number of hydrogen-bond acceptors (Lipinski definition) is 2. The summed E-state index contributed by atoms with van der Waals surface area (Å²) in [5, 5.41) is 1.83. The smallest absolute Gasteiger partial charge is 0.216 e. The number of H-pyrrole nitrogens is 1. The molecule has 0 unspecified atom stereocenters. The molecule has 2 heterocycles. The first-order chi connectivity index (χ1) is 10.6. The van der Waals surface area contributed by atoms with E-state index in [9.17, 15) is 8.42 Å². The van der Waals surface area contributed by atoms with E-state index in [2.05, 4.69) is 11.1 Å². The van der Waals surface area contributed by atoms with Crippen LogP contribution in [0.3, 0.4) is 0 Å². The van der Waals surface area contributed by atoms with Crippen LogP contribution in [0, 0.1) is 0 Å². The lowest BCUT2D eigenvalue weighted by Gasteiger charge is -2.31. The standard InChI is InChI=1S/C16H19ClN2O2S/c17-12-9-15(14-3-6-18-16(14)10-12)11-4-7-19(8-5-11)22(20,21)13-1-2-13/h3,6,9-11,13,18H,1-2,4-5,7-8H2. The van der Waals surface area contributed by atoms with Gasteiger partial charge in [0.1, 0.15) is 0 Å². The Balaban J connectivity index is 1.57. The molecule has 22 heavy (non-hydrogen) atoms. The maximum absolute atomic E-state index is 12.3. The molecule has 1 N–H and O–H groups in total. The predicted octanol–water partition coefficient (Wildman–Crippen LogP) is 3.49. The fourth-order valence-electron chi connectivity index (χ4n) is 3.50. The summed E-state index contributed by atoms with van der Waals surface area (Å²) >= 11 is 6.22. The van der Waals surface area contributed by atoms with Crippen molar-refractivity contribution in [1.82, 2.24) is 9.29 Å². The molecule has 1 aromatic heterocycles. The first kappa shape index (κ1) is 14.5. The normalized spacial score (nSPS) is 21.5. The fraction of sp³-hybridized carbons (Fsp3) is 0.500. The first-order valence-corrected chi connectivity index (χ1v) is 9.69. The molecule has 2 aromatic rings. The minimum Gasteiger partial charge on any atom is -0.361 e. The second-order valence-corrected chi connectivity index (χ2v) is 9.00. The minimum absolute atomic E-state index is 0.105. The van der Waals surface area contributed by atoms with Crippen LogP contribution < -0.4 is 0 Å². The monoisotopic (exact) mass is 338 g/mol. The van der Waals surface area contributed by atoms with E-state index in [1.807, 2.05) is 18.3 Å². The molecular weight excluding hydrogens is 320 g/mol. The number of halogens is 1. The Morgan fingerprint density at radius 2 is 1.86 bits per heavy atom. The third-order valence-corrected chi connectivity index (χ3v) is 7.48. The van der Waals surface area contributed by atoms with Crippen LogP contribution in [0.2, 0.25) is 5.02 Å². The molecule has 0 bridgehead atoms. The third kappa shape index (κ3) is 2.45. The number of nitrogens with zero attached hydrogens (tertiary/aromatic N) is 1. The van der Waals surface area contributed by atoms with Crippen molar-refractivity contribution in [2.24, 2.45) is 0 Å². The number of benzene rings is 1. The number of nitrogens with one attached hydrogen (secondary N) is 1. The van der Waals surface area contributed by atoms with Gasteiger partial charge >= 0.3 is 0 Å². The topological polar surface area (TPSA) is 53.2 Å². The van der Waals surface area contributed by atoms with Gasteiger partial charge in [0.2, 0.25) is 10.0 Å². The molecule has 0 amide bonds. The van der Waals surface area contributed by atoms with Crippen molar-refractivity contribution < 1.29 is 8.42 Å². The molecule has 1 aromatic carbocycles. The van der Waals surface area contributed by atoms with Crippen LogP contribution in [0.1, 0.15) is 37.2 Å². The maximum Gasteiger partial charge on any atom is 0.216 e. The summed E-state index contributed by atoms with van der Waals surface area (Å²) in [5.41, 5.74) is 2.29. The number of aromatic nitrogens is 1. The Labute approximate surface area is 135 Å². The zero-order valence-electron chi connectivity index (χ0n) is 12.3. The highest BCUT2D eigenvalue weighted by molar-refractivity contribution is 7.90. The Kier molecular flexibility index (Phi) is 3.47. The van der Waals surface area contributed by atoms with Crippen LogP contribution in [0.15, 0.2) is 24.4 Å². The lowest BCUT2D eigenvalue weighted by molar-refractivity contribution is 0.320. The molecule has 1 saturated heterocycles. The Bertz CT molecular complexity index is 803. The van der Waals surface area contributed by atoms with E-state index < -0.39 is 10.0 Å². The van der Waals surface area contributed by atoms with Crippen molar-refractivity contribution in [3.05, 3.63) is 35.0 Å². The lowest BCUT2D eigenvalue weighted by atomic mass is 9.88. The number of sulfonamides is 1. The van der Waals surface area contributed by atoms with E-state index in [1.54, 1.807) is 4.31 Å². The summed E-state index contributed by atoms with van der Waals surface area (Å²) in [6.45, 7) is 1.25. The van der Waals surface area contributed by atoms with E-state index in [1.165, 1.54) is 10.9 Å². The number of hydrogen-bond donors (Lipinski definition) is 1. The number of rotatable bonds is 3. The van der Waals surface area contributed by atoms with Crippen molar-refractivity contribution in [3.8, 4) is 0 Å². The quantitative estimate of drug-likeness (QED) is 0.931. The zero-order valence-corrected chi connectivity index (χ0v) is 13.8. The average molecular weight is 339 g/mol. The van der Waals surface area contributed by atoms with Gasteiger partial charge < -0.3 is 4.98 Å². The van der Waals surface area contributed by atoms with Crippen LogP contribution in [0.4, 0.5) is 0 Å². The second-order valence-electron chi connectivity index (χ2n) is 6.35. The molecule has 0 atom stereocenters. The van der Waals surface area contributed by atoms with Gasteiger partial charge in [-0.05, 0) is 55.4 Å². The van der Waals surface area contributed by atoms with Gasteiger partial charge in [0.05, 0.1) is 5.25 Å². The van der Waals surface area contributed by atoms with E-state index in [0.717, 1.165) is 36.2 Å². The predicted molar refractivity (Wildman–Crippen MR) is 88.8 cm³/mol. The van der Waals surface area contributed by atoms with Gasteiger partial charge in [-0.2, -0.15) is 0 Å². The van der Waals surface area contributed by atoms with Gasteiger partial charge in [0.25, 0.3) is 0 Å². The first-order valence-electron chi connectivity index (χ1n) is 7.81. The number of aromatic amines is 1. The summed E-state index contributed by atoms with van der Waals surface area (Å²) in [6, 6.07) is 6.05. The molecule has 0 spiro atoms. The molecule has 1 aliphatic carbocycles.